The molecule has 0 radical (unpaired) electrons. The number of thioether (sulfide) groups is 1. The Balaban J connectivity index is 3.00. The van der Waals surface area contributed by atoms with Gasteiger partial charge in [0.15, 0.2) is 0 Å². The van der Waals surface area contributed by atoms with Crippen molar-refractivity contribution in [3.05, 3.63) is 35.4 Å². The first-order valence-electron chi connectivity index (χ1n) is 38.5. The lowest BCUT2D eigenvalue weighted by Gasteiger charge is -2.41. The van der Waals surface area contributed by atoms with Gasteiger partial charge >= 0.3 is 5.97 Å². The van der Waals surface area contributed by atoms with E-state index in [1.165, 1.54) is 129 Å². The molecule has 1 aromatic rings. The number of amides is 12. The van der Waals surface area contributed by atoms with Crippen LogP contribution in [0.15, 0.2) is 24.3 Å². The van der Waals surface area contributed by atoms with Crippen LogP contribution in [0.3, 0.4) is 0 Å². The van der Waals surface area contributed by atoms with Gasteiger partial charge in [-0.15, -0.1) is 0 Å². The predicted octanol–water partition coefficient (Wildman–Crippen LogP) is 5.65. The largest absolute Gasteiger partial charge is 0.478 e. The molecule has 1 aliphatic rings. The average Bonchev–Trinajstić information content (AvgIpc) is 0.806. The predicted molar refractivity (Wildman–Crippen MR) is 415 cm³/mol. The van der Waals surface area contributed by atoms with E-state index in [2.05, 4.69) is 26.6 Å². The number of nitrogens with zero attached hydrogens (tertiary/aromatic N) is 7. The minimum absolute atomic E-state index is 0.00401. The number of hydrogen-bond donors (Lipinski definition) is 8. The summed E-state index contributed by atoms with van der Waals surface area (Å²) < 4.78 is 0. The van der Waals surface area contributed by atoms with Crippen LogP contribution in [0.4, 0.5) is 0 Å². The molecule has 28 nitrogen and oxygen atoms in total. The Labute approximate surface area is 641 Å². The second-order valence-electron chi connectivity index (χ2n) is 31.7. The molecule has 2 rings (SSSR count). The third-order valence-electron chi connectivity index (χ3n) is 20.1. The Hall–Kier alpha value is -7.40. The fraction of sp³-hybridized carbons (Fsp3) is 0.756. The summed E-state index contributed by atoms with van der Waals surface area (Å²) >= 11 is 1.34. The van der Waals surface area contributed by atoms with Gasteiger partial charge in [0.05, 0.1) is 11.7 Å². The van der Waals surface area contributed by atoms with Crippen molar-refractivity contribution in [1.29, 1.82) is 0 Å². The molecule has 1 saturated heterocycles. The average molecular weight is 1530 g/mol. The number of rotatable bonds is 29. The summed E-state index contributed by atoms with van der Waals surface area (Å²) in [5.74, 6) is -11.5. The molecule has 12 amide bonds. The normalized spacial score (nSPS) is 24.3. The van der Waals surface area contributed by atoms with E-state index in [0.717, 1.165) is 17.7 Å². The molecule has 8 N–H and O–H groups in total. The van der Waals surface area contributed by atoms with Crippen molar-refractivity contribution in [2.24, 2.45) is 41.4 Å². The third kappa shape index (κ3) is 28.8. The zero-order valence-electron chi connectivity index (χ0n) is 68.5. The van der Waals surface area contributed by atoms with Crippen LogP contribution in [-0.4, -0.2) is 273 Å². The molecule has 1 heterocycles. The fourth-order valence-corrected chi connectivity index (χ4v) is 14.6. The van der Waals surface area contributed by atoms with Crippen molar-refractivity contribution in [2.45, 2.75) is 267 Å². The van der Waals surface area contributed by atoms with Gasteiger partial charge in [0.25, 0.3) is 5.91 Å². The fourth-order valence-electron chi connectivity index (χ4n) is 13.4. The monoisotopic (exact) mass is 1530 g/mol. The van der Waals surface area contributed by atoms with E-state index in [-0.39, 0.29) is 79.3 Å². The van der Waals surface area contributed by atoms with E-state index in [4.69, 9.17) is 0 Å². The van der Waals surface area contributed by atoms with E-state index < -0.39 is 167 Å². The van der Waals surface area contributed by atoms with Crippen LogP contribution >= 0.6 is 11.8 Å². The van der Waals surface area contributed by atoms with Crippen molar-refractivity contribution in [1.82, 2.24) is 60.9 Å². The molecule has 608 valence electrons. The Morgan fingerprint density at radius 3 is 1.44 bits per heavy atom. The first-order valence-corrected chi connectivity index (χ1v) is 39.6. The second-order valence-corrected chi connectivity index (χ2v) is 32.9. The lowest BCUT2D eigenvalue weighted by Crippen LogP contribution is -2.64. The molecule has 1 aromatic carbocycles. The Morgan fingerprint density at radius 2 is 0.925 bits per heavy atom. The summed E-state index contributed by atoms with van der Waals surface area (Å²) in [6.07, 6.45) is 3.54. The van der Waals surface area contributed by atoms with Crippen molar-refractivity contribution in [3.63, 3.8) is 0 Å². The lowest BCUT2D eigenvalue weighted by atomic mass is 9.90. The summed E-state index contributed by atoms with van der Waals surface area (Å²) in [6, 6.07) is -8.51. The van der Waals surface area contributed by atoms with Crippen LogP contribution in [0.1, 0.15) is 215 Å². The number of aliphatic hydroxyl groups excluding tert-OH is 2. The van der Waals surface area contributed by atoms with Crippen LogP contribution < -0.4 is 26.6 Å². The number of likely N-dealkylation sites (N-methyl/N-ethyl adjacent to an activating group) is 7. The van der Waals surface area contributed by atoms with E-state index in [9.17, 15) is 48.9 Å². The van der Waals surface area contributed by atoms with Gasteiger partial charge in [-0.2, -0.15) is 11.8 Å². The number of carbonyl (C=O) groups excluding carboxylic acids is 12. The highest BCUT2D eigenvalue weighted by molar-refractivity contribution is 7.99. The van der Waals surface area contributed by atoms with E-state index in [1.54, 1.807) is 41.5 Å². The van der Waals surface area contributed by atoms with Crippen molar-refractivity contribution in [2.75, 3.05) is 74.0 Å². The van der Waals surface area contributed by atoms with Crippen LogP contribution in [0.2, 0.25) is 0 Å². The van der Waals surface area contributed by atoms with Crippen LogP contribution in [0.25, 0.3) is 0 Å². The maximum absolute atomic E-state index is 15.6. The van der Waals surface area contributed by atoms with Crippen molar-refractivity contribution < 1.29 is 77.6 Å². The lowest BCUT2D eigenvalue weighted by molar-refractivity contribution is -0.157. The summed E-state index contributed by atoms with van der Waals surface area (Å²) in [5.41, 5.74) is 0.217. The van der Waals surface area contributed by atoms with Gasteiger partial charge in [-0.1, -0.05) is 129 Å². The minimum atomic E-state index is -1.70. The first-order chi connectivity index (χ1) is 49.9. The van der Waals surface area contributed by atoms with Crippen molar-refractivity contribution >= 4 is 88.6 Å². The number of aliphatic hydroxyl groups is 2. The number of benzene rings is 1. The molecule has 0 aromatic heterocycles. The maximum Gasteiger partial charge on any atom is 0.335 e. The van der Waals surface area contributed by atoms with E-state index in [0.29, 0.717) is 50.8 Å². The molecule has 0 saturated carbocycles. The Bertz CT molecular complexity index is 3120. The van der Waals surface area contributed by atoms with Gasteiger partial charge < -0.3 is 76.2 Å². The molecular formula is C78H134N12O16S. The number of carboxylic acid groups (broad SMARTS) is 1. The number of nitrogens with one attached hydrogen (secondary N) is 5. The SMILES string of the molecule is CC[C@H]1NC(=O)[C@H]([C@H](O)[C@H](C)CCCCCCCNC(=O)c2cccc(C(=O)O)c2)N(C)C(=O)[C@@H](C(C)C)N(C)C(=O)[C@@H](CC(C)C)N(C)C(=O)[C@H](CC(C)C)N(C)C(=O)[C@H](C)NC(=O)[C@@H](C)NC(=O)[C@@H](CC(C)C)N(C)C(=O)[C@@H](C(C)C)NC(=O)[C@H](CC(C)C)N(C)C(=O)[C@@H](CSCCCCO)N(C)C1=O. The van der Waals surface area contributed by atoms with Gasteiger partial charge in [0.1, 0.15) is 66.5 Å². The van der Waals surface area contributed by atoms with Crippen LogP contribution in [0, 0.1) is 41.4 Å². The third-order valence-corrected chi connectivity index (χ3v) is 21.2. The van der Waals surface area contributed by atoms with Crippen LogP contribution in [0.5, 0.6) is 0 Å². The van der Waals surface area contributed by atoms with Gasteiger partial charge in [0.2, 0.25) is 65.0 Å². The Kier molecular flexibility index (Phi) is 41.3. The number of carbonyl (C=O) groups is 13. The van der Waals surface area contributed by atoms with Gasteiger partial charge in [-0.3, -0.25) is 57.5 Å². The summed E-state index contributed by atoms with van der Waals surface area (Å²) in [4.78, 5) is 198. The number of hydrogen-bond acceptors (Lipinski definition) is 16. The molecule has 0 bridgehead atoms. The maximum atomic E-state index is 15.6. The van der Waals surface area contributed by atoms with Gasteiger partial charge in [-0.05, 0) is 137 Å². The quantitative estimate of drug-likeness (QED) is 0.0449. The summed E-state index contributed by atoms with van der Waals surface area (Å²) in [6.45, 7) is 28.3. The molecule has 0 aliphatic carbocycles. The number of unbranched alkanes of at least 4 members (excludes halogenated alkanes) is 5. The highest BCUT2D eigenvalue weighted by Gasteiger charge is 2.47. The van der Waals surface area contributed by atoms with Gasteiger partial charge in [-0.25, -0.2) is 4.79 Å². The molecule has 13 atom stereocenters. The smallest absolute Gasteiger partial charge is 0.335 e. The molecule has 1 aliphatic heterocycles. The minimum Gasteiger partial charge on any atom is -0.478 e. The number of aromatic carboxylic acids is 1. The van der Waals surface area contributed by atoms with E-state index in [1.807, 2.05) is 55.4 Å². The van der Waals surface area contributed by atoms with Gasteiger partial charge in [0, 0.05) is 73.8 Å². The Morgan fingerprint density at radius 1 is 0.477 bits per heavy atom. The topological polar surface area (TPSA) is 365 Å². The molecule has 0 unspecified atom stereocenters. The number of carboxylic acids is 1. The standard InChI is InChI=1S/C78H134N12O16S/c1-24-56-72(99)88(21)61(44-107-38-31-30-37-91)75(102)84(17)58(40-46(4)5)69(96)83-62(49(10)11)76(103)85(18)57(39-45(2)3)68(95)80-52(15)66(93)81-53(16)71(98)86(19)59(41-47(6)7)73(100)87(20)60(42-48(8)9)74(101)89(22)63(50(12)13)77(104)90(23)64(70(97)82-56)65(92)51(14)33-28-26-25-27-29-36-79-67(94)54-34-32-35-55(43-54)78(105)106/h32,34-35,43,45-53,56-65,91-92H,24-31,33,36-42,44H2,1-23H3,(H,79,94)(H,80,95)(H,81,93)(H,82,97)(H,83,96)(H,105,106)/t51-,52-,53+,56-,57-,58+,59+,60-,61-,62-,63-,64+,65-/m1/s1. The zero-order chi connectivity index (χ0) is 81.8. The molecule has 107 heavy (non-hydrogen) atoms. The van der Waals surface area contributed by atoms with Crippen molar-refractivity contribution in [3.8, 4) is 0 Å². The molecule has 0 spiro atoms. The highest BCUT2D eigenvalue weighted by Crippen LogP contribution is 2.28. The summed E-state index contributed by atoms with van der Waals surface area (Å²) in [7, 11) is 9.94. The summed E-state index contributed by atoms with van der Waals surface area (Å²) in [5, 5.41) is 45.7. The second kappa shape index (κ2) is 46.2. The van der Waals surface area contributed by atoms with Crippen LogP contribution in [-0.2, 0) is 52.7 Å². The molecular weight excluding hydrogens is 1390 g/mol. The zero-order valence-corrected chi connectivity index (χ0v) is 69.3. The van der Waals surface area contributed by atoms with E-state index >= 15 is 28.8 Å². The highest BCUT2D eigenvalue weighted by atomic mass is 32.2. The molecule has 29 heteroatoms. The molecule has 1 fully saturated rings. The first kappa shape index (κ1) is 95.7.